The second-order valence-electron chi connectivity index (χ2n) is 4.59. The fraction of sp³-hybridized carbons (Fsp3) is 0.200. The molecule has 1 aliphatic heterocycles. The Balaban J connectivity index is 1.68. The lowest BCUT2D eigenvalue weighted by molar-refractivity contribution is -0.133. The van der Waals surface area contributed by atoms with E-state index in [1.165, 1.54) is 5.56 Å². The standard InChI is InChI=1S/C15H15N3O/c19-15(7-6-13-10-16-11-17-13)18-9-8-14(18)12-4-2-1-3-5-12/h1-7,10-11,14H,8-9H2,(H,16,17)/b7-6+. The molecular weight excluding hydrogens is 238 g/mol. The molecule has 96 valence electrons. The van der Waals surface area contributed by atoms with Gasteiger partial charge in [-0.1, -0.05) is 30.3 Å². The molecule has 2 aromatic rings. The van der Waals surface area contributed by atoms with E-state index in [2.05, 4.69) is 22.1 Å². The Morgan fingerprint density at radius 2 is 2.21 bits per heavy atom. The molecule has 0 bridgehead atoms. The van der Waals surface area contributed by atoms with Crippen molar-refractivity contribution in [2.75, 3.05) is 6.54 Å². The van der Waals surface area contributed by atoms with Gasteiger partial charge in [-0.05, 0) is 18.1 Å². The van der Waals surface area contributed by atoms with Crippen molar-refractivity contribution in [1.82, 2.24) is 14.9 Å². The zero-order valence-corrected chi connectivity index (χ0v) is 10.5. The highest BCUT2D eigenvalue weighted by molar-refractivity contribution is 5.92. The average Bonchev–Trinajstić information content (AvgIpc) is 2.89. The van der Waals surface area contributed by atoms with Crippen molar-refractivity contribution in [2.24, 2.45) is 0 Å². The van der Waals surface area contributed by atoms with Crippen molar-refractivity contribution in [1.29, 1.82) is 0 Å². The summed E-state index contributed by atoms with van der Waals surface area (Å²) < 4.78 is 0. The van der Waals surface area contributed by atoms with E-state index in [1.54, 1.807) is 24.7 Å². The first-order valence-electron chi connectivity index (χ1n) is 6.36. The molecule has 1 unspecified atom stereocenters. The maximum absolute atomic E-state index is 12.1. The summed E-state index contributed by atoms with van der Waals surface area (Å²) in [6, 6.07) is 10.4. The minimum absolute atomic E-state index is 0.0507. The van der Waals surface area contributed by atoms with Crippen LogP contribution in [0.4, 0.5) is 0 Å². The lowest BCUT2D eigenvalue weighted by Crippen LogP contribution is -2.44. The van der Waals surface area contributed by atoms with Crippen LogP contribution in [0.1, 0.15) is 23.7 Å². The van der Waals surface area contributed by atoms with Gasteiger partial charge in [0.1, 0.15) is 0 Å². The van der Waals surface area contributed by atoms with E-state index in [9.17, 15) is 4.79 Å². The number of likely N-dealkylation sites (tertiary alicyclic amines) is 1. The third-order valence-electron chi connectivity index (χ3n) is 3.41. The van der Waals surface area contributed by atoms with Crippen molar-refractivity contribution in [3.63, 3.8) is 0 Å². The van der Waals surface area contributed by atoms with Crippen LogP contribution >= 0.6 is 0 Å². The van der Waals surface area contributed by atoms with Crippen LogP contribution in [0.25, 0.3) is 6.08 Å². The van der Waals surface area contributed by atoms with Crippen molar-refractivity contribution >= 4 is 12.0 Å². The Morgan fingerprint density at radius 3 is 2.84 bits per heavy atom. The fourth-order valence-electron chi connectivity index (χ4n) is 2.29. The number of benzene rings is 1. The van der Waals surface area contributed by atoms with E-state index in [0.29, 0.717) is 0 Å². The molecule has 1 N–H and O–H groups in total. The smallest absolute Gasteiger partial charge is 0.247 e. The summed E-state index contributed by atoms with van der Waals surface area (Å²) >= 11 is 0. The van der Waals surface area contributed by atoms with Gasteiger partial charge < -0.3 is 9.88 Å². The van der Waals surface area contributed by atoms with Crippen molar-refractivity contribution in [3.8, 4) is 0 Å². The van der Waals surface area contributed by atoms with Gasteiger partial charge >= 0.3 is 0 Å². The highest BCUT2D eigenvalue weighted by Gasteiger charge is 2.31. The van der Waals surface area contributed by atoms with Gasteiger partial charge in [0.2, 0.25) is 5.91 Å². The molecule has 3 rings (SSSR count). The molecule has 1 amide bonds. The number of carbonyl (C=O) groups excluding carboxylic acids is 1. The number of hydrogen-bond donors (Lipinski definition) is 1. The molecule has 4 heteroatoms. The molecule has 1 aliphatic rings. The number of H-pyrrole nitrogens is 1. The van der Waals surface area contributed by atoms with Gasteiger partial charge in [0, 0.05) is 12.6 Å². The monoisotopic (exact) mass is 253 g/mol. The molecular formula is C15H15N3O. The summed E-state index contributed by atoms with van der Waals surface area (Å²) in [5.41, 5.74) is 2.04. The minimum atomic E-state index is 0.0507. The van der Waals surface area contributed by atoms with Crippen LogP contribution in [0.5, 0.6) is 0 Å². The van der Waals surface area contributed by atoms with Crippen LogP contribution in [-0.4, -0.2) is 27.3 Å². The summed E-state index contributed by atoms with van der Waals surface area (Å²) in [7, 11) is 0. The van der Waals surface area contributed by atoms with Crippen LogP contribution in [-0.2, 0) is 4.79 Å². The predicted octanol–water partition coefficient (Wildman–Crippen LogP) is 2.40. The molecule has 1 atom stereocenters. The van der Waals surface area contributed by atoms with Crippen LogP contribution in [0.2, 0.25) is 0 Å². The molecule has 2 heterocycles. The Labute approximate surface area is 111 Å². The number of imidazole rings is 1. The van der Waals surface area contributed by atoms with Gasteiger partial charge in [-0.15, -0.1) is 0 Å². The summed E-state index contributed by atoms with van der Waals surface area (Å²) in [5, 5.41) is 0. The van der Waals surface area contributed by atoms with E-state index in [0.717, 1.165) is 18.7 Å². The molecule has 0 aliphatic carbocycles. The number of aromatic amines is 1. The number of rotatable bonds is 3. The molecule has 0 spiro atoms. The number of amides is 1. The first kappa shape index (κ1) is 11.7. The third-order valence-corrected chi connectivity index (χ3v) is 3.41. The van der Waals surface area contributed by atoms with E-state index in [4.69, 9.17) is 0 Å². The zero-order chi connectivity index (χ0) is 13.1. The maximum Gasteiger partial charge on any atom is 0.247 e. The zero-order valence-electron chi connectivity index (χ0n) is 10.5. The quantitative estimate of drug-likeness (QED) is 0.854. The van der Waals surface area contributed by atoms with Gasteiger partial charge in [-0.2, -0.15) is 0 Å². The number of nitrogens with zero attached hydrogens (tertiary/aromatic N) is 2. The third kappa shape index (κ3) is 2.42. The van der Waals surface area contributed by atoms with Crippen LogP contribution < -0.4 is 0 Å². The molecule has 4 nitrogen and oxygen atoms in total. The second kappa shape index (κ2) is 5.10. The first-order chi connectivity index (χ1) is 9.34. The summed E-state index contributed by atoms with van der Waals surface area (Å²) in [6.07, 6.45) is 7.68. The first-order valence-corrected chi connectivity index (χ1v) is 6.36. The van der Waals surface area contributed by atoms with Crippen molar-refractivity contribution in [2.45, 2.75) is 12.5 Å². The van der Waals surface area contributed by atoms with E-state index >= 15 is 0 Å². The Bertz CT molecular complexity index is 575. The number of carbonyl (C=O) groups is 1. The highest BCUT2D eigenvalue weighted by Crippen LogP contribution is 2.33. The van der Waals surface area contributed by atoms with Crippen LogP contribution in [0, 0.1) is 0 Å². The van der Waals surface area contributed by atoms with E-state index in [-0.39, 0.29) is 11.9 Å². The highest BCUT2D eigenvalue weighted by atomic mass is 16.2. The van der Waals surface area contributed by atoms with Crippen molar-refractivity contribution < 1.29 is 4.79 Å². The van der Waals surface area contributed by atoms with Crippen molar-refractivity contribution in [3.05, 3.63) is 60.2 Å². The van der Waals surface area contributed by atoms with Gasteiger partial charge in [0.05, 0.1) is 24.3 Å². The van der Waals surface area contributed by atoms with Gasteiger partial charge in [0.15, 0.2) is 0 Å². The molecule has 1 saturated heterocycles. The normalized spacial score (nSPS) is 18.5. The fourth-order valence-corrected chi connectivity index (χ4v) is 2.29. The van der Waals surface area contributed by atoms with Crippen LogP contribution in [0.3, 0.4) is 0 Å². The number of nitrogens with one attached hydrogen (secondary N) is 1. The summed E-state index contributed by atoms with van der Waals surface area (Å²) in [6.45, 7) is 0.825. The Morgan fingerprint density at radius 1 is 1.37 bits per heavy atom. The SMILES string of the molecule is O=C(/C=C/c1cnc[nH]1)N1CCC1c1ccccc1. The largest absolute Gasteiger partial charge is 0.345 e. The predicted molar refractivity (Wildman–Crippen MR) is 73.1 cm³/mol. The number of aromatic nitrogens is 2. The molecule has 0 radical (unpaired) electrons. The summed E-state index contributed by atoms with van der Waals surface area (Å²) in [4.78, 5) is 20.9. The van der Waals surface area contributed by atoms with Gasteiger partial charge in [-0.3, -0.25) is 4.79 Å². The molecule has 1 fully saturated rings. The Kier molecular flexibility index (Phi) is 3.14. The lowest BCUT2D eigenvalue weighted by atomic mass is 9.94. The number of hydrogen-bond acceptors (Lipinski definition) is 2. The topological polar surface area (TPSA) is 49.0 Å². The molecule has 1 aromatic carbocycles. The Hall–Kier alpha value is -2.36. The van der Waals surface area contributed by atoms with Gasteiger partial charge in [0.25, 0.3) is 0 Å². The average molecular weight is 253 g/mol. The van der Waals surface area contributed by atoms with Gasteiger partial charge in [-0.25, -0.2) is 4.98 Å². The summed E-state index contributed by atoms with van der Waals surface area (Å²) in [5.74, 6) is 0.0507. The maximum atomic E-state index is 12.1. The second-order valence-corrected chi connectivity index (χ2v) is 4.59. The van der Waals surface area contributed by atoms with E-state index in [1.807, 2.05) is 23.1 Å². The molecule has 19 heavy (non-hydrogen) atoms. The minimum Gasteiger partial charge on any atom is -0.345 e. The lowest BCUT2D eigenvalue weighted by Gasteiger charge is -2.40. The molecule has 1 aromatic heterocycles. The van der Waals surface area contributed by atoms with E-state index < -0.39 is 0 Å². The molecule has 0 saturated carbocycles. The van der Waals surface area contributed by atoms with Crippen LogP contribution in [0.15, 0.2) is 48.9 Å².